The Balaban J connectivity index is 2.44. The Bertz CT molecular complexity index is 429. The molecule has 0 aliphatic rings. The minimum absolute atomic E-state index is 0.923. The van der Waals surface area contributed by atoms with Gasteiger partial charge in [0, 0.05) is 18.3 Å². The molecular weight excluding hydrogens is 172 g/mol. The van der Waals surface area contributed by atoms with Gasteiger partial charge < -0.3 is 0 Å². The van der Waals surface area contributed by atoms with Crippen LogP contribution in [0.1, 0.15) is 12.5 Å². The van der Waals surface area contributed by atoms with Crippen molar-refractivity contribution < 1.29 is 0 Å². The molecule has 72 valence electrons. The van der Waals surface area contributed by atoms with Gasteiger partial charge in [0.05, 0.1) is 6.20 Å². The molecule has 0 radical (unpaired) electrons. The molecule has 0 bridgehead atoms. The van der Waals surface area contributed by atoms with E-state index in [4.69, 9.17) is 0 Å². The van der Waals surface area contributed by atoms with Gasteiger partial charge in [0.1, 0.15) is 0 Å². The van der Waals surface area contributed by atoms with Crippen molar-refractivity contribution in [2.75, 3.05) is 0 Å². The summed E-state index contributed by atoms with van der Waals surface area (Å²) in [5, 5.41) is 4.27. The average Bonchev–Trinajstić information content (AvgIpc) is 2.67. The number of rotatable bonds is 2. The van der Waals surface area contributed by atoms with Crippen molar-refractivity contribution in [3.8, 4) is 11.1 Å². The summed E-state index contributed by atoms with van der Waals surface area (Å²) in [6, 6.07) is 8.37. The van der Waals surface area contributed by atoms with Crippen molar-refractivity contribution in [2.45, 2.75) is 20.4 Å². The van der Waals surface area contributed by atoms with E-state index in [2.05, 4.69) is 49.4 Å². The molecule has 14 heavy (non-hydrogen) atoms. The molecule has 0 N–H and O–H groups in total. The lowest BCUT2D eigenvalue weighted by Gasteiger charge is -2.00. The van der Waals surface area contributed by atoms with Crippen LogP contribution in [0.4, 0.5) is 0 Å². The molecule has 0 atom stereocenters. The van der Waals surface area contributed by atoms with Crippen LogP contribution in [-0.2, 0) is 6.54 Å². The molecule has 0 amide bonds. The molecule has 1 aromatic carbocycles. The number of benzene rings is 1. The van der Waals surface area contributed by atoms with E-state index in [9.17, 15) is 0 Å². The van der Waals surface area contributed by atoms with E-state index in [1.165, 1.54) is 16.7 Å². The zero-order valence-electron chi connectivity index (χ0n) is 8.57. The van der Waals surface area contributed by atoms with Crippen molar-refractivity contribution in [3.63, 3.8) is 0 Å². The van der Waals surface area contributed by atoms with Crippen LogP contribution in [0.25, 0.3) is 11.1 Å². The van der Waals surface area contributed by atoms with Crippen LogP contribution < -0.4 is 0 Å². The zero-order chi connectivity index (χ0) is 9.97. The quantitative estimate of drug-likeness (QED) is 0.705. The van der Waals surface area contributed by atoms with Gasteiger partial charge >= 0.3 is 0 Å². The predicted molar refractivity (Wildman–Crippen MR) is 58.1 cm³/mol. The van der Waals surface area contributed by atoms with Gasteiger partial charge in [-0.3, -0.25) is 4.68 Å². The van der Waals surface area contributed by atoms with Crippen LogP contribution in [0.5, 0.6) is 0 Å². The highest BCUT2D eigenvalue weighted by Crippen LogP contribution is 2.21. The third-order valence-corrected chi connectivity index (χ3v) is 2.41. The van der Waals surface area contributed by atoms with Gasteiger partial charge in [-0.1, -0.05) is 24.3 Å². The van der Waals surface area contributed by atoms with Crippen LogP contribution >= 0.6 is 0 Å². The number of nitrogens with zero attached hydrogens (tertiary/aromatic N) is 2. The summed E-state index contributed by atoms with van der Waals surface area (Å²) in [6.45, 7) is 5.14. The Kier molecular flexibility index (Phi) is 2.35. The average molecular weight is 186 g/mol. The molecular formula is C12H14N2. The van der Waals surface area contributed by atoms with Gasteiger partial charge in [-0.15, -0.1) is 0 Å². The smallest absolute Gasteiger partial charge is 0.0568 e. The van der Waals surface area contributed by atoms with E-state index in [0.717, 1.165) is 6.54 Å². The van der Waals surface area contributed by atoms with Gasteiger partial charge in [-0.25, -0.2) is 0 Å². The first-order valence-electron chi connectivity index (χ1n) is 4.89. The lowest BCUT2D eigenvalue weighted by Crippen LogP contribution is -1.92. The highest BCUT2D eigenvalue weighted by molar-refractivity contribution is 5.65. The van der Waals surface area contributed by atoms with Crippen LogP contribution in [0, 0.1) is 6.92 Å². The monoisotopic (exact) mass is 186 g/mol. The maximum absolute atomic E-state index is 4.27. The van der Waals surface area contributed by atoms with Gasteiger partial charge in [0.2, 0.25) is 0 Å². The normalized spacial score (nSPS) is 10.4. The Hall–Kier alpha value is -1.57. The molecule has 0 saturated heterocycles. The third-order valence-electron chi connectivity index (χ3n) is 2.41. The molecule has 0 saturated carbocycles. The number of hydrogen-bond donors (Lipinski definition) is 0. The highest BCUT2D eigenvalue weighted by Gasteiger charge is 2.02. The largest absolute Gasteiger partial charge is 0.272 e. The van der Waals surface area contributed by atoms with E-state index in [-0.39, 0.29) is 0 Å². The summed E-state index contributed by atoms with van der Waals surface area (Å²) in [6.07, 6.45) is 4.01. The molecule has 2 nitrogen and oxygen atoms in total. The summed E-state index contributed by atoms with van der Waals surface area (Å²) < 4.78 is 1.95. The van der Waals surface area contributed by atoms with Gasteiger partial charge in [0.15, 0.2) is 0 Å². The van der Waals surface area contributed by atoms with Crippen molar-refractivity contribution >= 4 is 0 Å². The molecule has 0 unspecified atom stereocenters. The molecule has 2 rings (SSSR count). The third kappa shape index (κ3) is 1.55. The van der Waals surface area contributed by atoms with E-state index in [1.807, 2.05) is 10.9 Å². The zero-order valence-corrected chi connectivity index (χ0v) is 8.57. The minimum Gasteiger partial charge on any atom is -0.272 e. The molecule has 0 aliphatic carbocycles. The van der Waals surface area contributed by atoms with Crippen molar-refractivity contribution in [1.82, 2.24) is 9.78 Å². The summed E-state index contributed by atoms with van der Waals surface area (Å²) in [5.74, 6) is 0. The van der Waals surface area contributed by atoms with E-state index in [1.54, 1.807) is 0 Å². The van der Waals surface area contributed by atoms with Crippen LogP contribution in [0.3, 0.4) is 0 Å². The number of aryl methyl sites for hydroxylation is 2. The van der Waals surface area contributed by atoms with Crippen LogP contribution in [0.2, 0.25) is 0 Å². The molecule has 1 aromatic heterocycles. The first kappa shape index (κ1) is 9.00. The summed E-state index contributed by atoms with van der Waals surface area (Å²) >= 11 is 0. The Morgan fingerprint density at radius 1 is 1.29 bits per heavy atom. The lowest BCUT2D eigenvalue weighted by atomic mass is 10.0. The second-order valence-electron chi connectivity index (χ2n) is 3.40. The van der Waals surface area contributed by atoms with E-state index < -0.39 is 0 Å². The maximum Gasteiger partial charge on any atom is 0.0568 e. The Morgan fingerprint density at radius 2 is 2.07 bits per heavy atom. The fourth-order valence-corrected chi connectivity index (χ4v) is 1.57. The first-order valence-corrected chi connectivity index (χ1v) is 4.89. The maximum atomic E-state index is 4.27. The fraction of sp³-hybridized carbons (Fsp3) is 0.250. The summed E-state index contributed by atoms with van der Waals surface area (Å²) in [5.41, 5.74) is 3.76. The number of aromatic nitrogens is 2. The molecule has 0 fully saturated rings. The SMILES string of the molecule is CCn1cc(-c2ccccc2C)cn1. The molecule has 2 aromatic rings. The van der Waals surface area contributed by atoms with Crippen molar-refractivity contribution in [1.29, 1.82) is 0 Å². The highest BCUT2D eigenvalue weighted by atomic mass is 15.3. The second-order valence-corrected chi connectivity index (χ2v) is 3.40. The second kappa shape index (κ2) is 3.66. The van der Waals surface area contributed by atoms with Gasteiger partial charge in [0.25, 0.3) is 0 Å². The Labute approximate surface area is 84.2 Å². The summed E-state index contributed by atoms with van der Waals surface area (Å²) in [4.78, 5) is 0. The molecule has 1 heterocycles. The van der Waals surface area contributed by atoms with Gasteiger partial charge in [-0.2, -0.15) is 5.10 Å². The van der Waals surface area contributed by atoms with Crippen LogP contribution in [0.15, 0.2) is 36.7 Å². The molecule has 0 aliphatic heterocycles. The fourth-order valence-electron chi connectivity index (χ4n) is 1.57. The van der Waals surface area contributed by atoms with E-state index in [0.29, 0.717) is 0 Å². The van der Waals surface area contributed by atoms with Gasteiger partial charge in [-0.05, 0) is 25.0 Å². The first-order chi connectivity index (χ1) is 6.81. The van der Waals surface area contributed by atoms with Crippen molar-refractivity contribution in [2.24, 2.45) is 0 Å². The molecule has 0 spiro atoms. The standard InChI is InChI=1S/C12H14N2/c1-3-14-9-11(8-13-14)12-7-5-4-6-10(12)2/h4-9H,3H2,1-2H3. The minimum atomic E-state index is 0.923. The molecule has 2 heteroatoms. The topological polar surface area (TPSA) is 17.8 Å². The van der Waals surface area contributed by atoms with E-state index >= 15 is 0 Å². The number of hydrogen-bond acceptors (Lipinski definition) is 1. The van der Waals surface area contributed by atoms with Crippen molar-refractivity contribution in [3.05, 3.63) is 42.2 Å². The predicted octanol–water partition coefficient (Wildman–Crippen LogP) is 2.88. The lowest BCUT2D eigenvalue weighted by molar-refractivity contribution is 0.660. The van der Waals surface area contributed by atoms with Crippen LogP contribution in [-0.4, -0.2) is 9.78 Å². The Morgan fingerprint density at radius 3 is 2.71 bits per heavy atom. The summed E-state index contributed by atoms with van der Waals surface area (Å²) in [7, 11) is 0.